The molecule has 8 nitrogen and oxygen atoms in total. The van der Waals surface area contributed by atoms with Gasteiger partial charge in [-0.3, -0.25) is 19.3 Å². The van der Waals surface area contributed by atoms with Crippen molar-refractivity contribution in [2.75, 3.05) is 13.8 Å². The van der Waals surface area contributed by atoms with Crippen LogP contribution in [-0.4, -0.2) is 59.6 Å². The lowest BCUT2D eigenvalue weighted by atomic mass is 9.95. The SMILES string of the molecule is CC(C)C[C@@H](C(=O)N[C@@H](C[C@@H]1C[C@@H](C)NC1=O)C(N)=O)N(C)CO. The first kappa shape index (κ1) is 20.4. The summed E-state index contributed by atoms with van der Waals surface area (Å²) in [5, 5.41) is 14.8. The minimum atomic E-state index is -0.902. The molecule has 1 aliphatic heterocycles. The highest BCUT2D eigenvalue weighted by atomic mass is 16.3. The van der Waals surface area contributed by atoms with Crippen molar-refractivity contribution >= 4 is 17.7 Å². The Kier molecular flexibility index (Phi) is 7.62. The van der Waals surface area contributed by atoms with Crippen molar-refractivity contribution in [3.63, 3.8) is 0 Å². The van der Waals surface area contributed by atoms with E-state index < -0.39 is 18.0 Å². The Hall–Kier alpha value is -1.67. The molecule has 0 aromatic carbocycles. The second kappa shape index (κ2) is 8.98. The second-order valence-electron chi connectivity index (χ2n) is 7.09. The molecule has 138 valence electrons. The van der Waals surface area contributed by atoms with Crippen molar-refractivity contribution < 1.29 is 19.5 Å². The Morgan fingerprint density at radius 3 is 2.50 bits per heavy atom. The molecule has 0 aromatic rings. The lowest BCUT2D eigenvalue weighted by Gasteiger charge is -2.28. The monoisotopic (exact) mass is 342 g/mol. The third kappa shape index (κ3) is 5.76. The predicted octanol–water partition coefficient (Wildman–Crippen LogP) is -0.832. The van der Waals surface area contributed by atoms with Crippen LogP contribution in [0.1, 0.15) is 40.0 Å². The molecule has 0 bridgehead atoms. The summed E-state index contributed by atoms with van der Waals surface area (Å²) < 4.78 is 0. The molecule has 1 saturated heterocycles. The minimum Gasteiger partial charge on any atom is -0.381 e. The summed E-state index contributed by atoms with van der Waals surface area (Å²) in [6.07, 6.45) is 1.34. The normalized spacial score (nSPS) is 23.2. The largest absolute Gasteiger partial charge is 0.381 e. The molecule has 1 heterocycles. The quantitative estimate of drug-likeness (QED) is 0.407. The maximum atomic E-state index is 12.5. The number of nitrogens with zero attached hydrogens (tertiary/aromatic N) is 1. The van der Waals surface area contributed by atoms with Gasteiger partial charge >= 0.3 is 0 Å². The Balaban J connectivity index is 2.76. The first-order valence-corrected chi connectivity index (χ1v) is 8.36. The molecule has 0 unspecified atom stereocenters. The third-order valence-electron chi connectivity index (χ3n) is 4.33. The van der Waals surface area contributed by atoms with Crippen LogP contribution >= 0.6 is 0 Å². The zero-order valence-corrected chi connectivity index (χ0v) is 14.9. The number of carbonyl (C=O) groups is 3. The summed E-state index contributed by atoms with van der Waals surface area (Å²) >= 11 is 0. The predicted molar refractivity (Wildman–Crippen MR) is 89.5 cm³/mol. The van der Waals surface area contributed by atoms with Gasteiger partial charge in [0.05, 0.1) is 12.8 Å². The summed E-state index contributed by atoms with van der Waals surface area (Å²) in [5.41, 5.74) is 5.40. The van der Waals surface area contributed by atoms with E-state index in [1.54, 1.807) is 7.05 Å². The standard InChI is InChI=1S/C16H30N4O4/c1-9(2)5-13(20(4)8-21)16(24)19-12(14(17)22)7-11-6-10(3)18-15(11)23/h9-13,21H,5-8H2,1-4H3,(H2,17,22)(H,18,23)(H,19,24)/t10-,11+,12+,13+/m1/s1. The highest BCUT2D eigenvalue weighted by molar-refractivity contribution is 5.90. The zero-order chi connectivity index (χ0) is 18.4. The molecule has 0 spiro atoms. The van der Waals surface area contributed by atoms with Gasteiger partial charge in [0, 0.05) is 12.0 Å². The fourth-order valence-corrected chi connectivity index (χ4v) is 2.99. The molecule has 24 heavy (non-hydrogen) atoms. The Bertz CT molecular complexity index is 469. The molecule has 1 rings (SSSR count). The van der Waals surface area contributed by atoms with Gasteiger partial charge in [0.1, 0.15) is 6.04 Å². The number of nitrogens with two attached hydrogens (primary N) is 1. The number of nitrogens with one attached hydrogen (secondary N) is 2. The van der Waals surface area contributed by atoms with Crippen molar-refractivity contribution in [3.05, 3.63) is 0 Å². The molecular formula is C16H30N4O4. The topological polar surface area (TPSA) is 125 Å². The summed E-state index contributed by atoms with van der Waals surface area (Å²) in [7, 11) is 1.64. The number of aliphatic hydroxyl groups is 1. The van der Waals surface area contributed by atoms with Crippen LogP contribution in [0.15, 0.2) is 0 Å². The summed E-state index contributed by atoms with van der Waals surface area (Å²) in [6.45, 7) is 5.57. The van der Waals surface area contributed by atoms with E-state index in [0.717, 1.165) is 0 Å². The molecule has 0 aromatic heterocycles. The van der Waals surface area contributed by atoms with E-state index in [2.05, 4.69) is 10.6 Å². The van der Waals surface area contributed by atoms with E-state index in [0.29, 0.717) is 12.8 Å². The molecule has 0 saturated carbocycles. The van der Waals surface area contributed by atoms with E-state index in [1.807, 2.05) is 20.8 Å². The third-order valence-corrected chi connectivity index (χ3v) is 4.33. The number of primary amides is 1. The van der Waals surface area contributed by atoms with Crippen LogP contribution in [0.3, 0.4) is 0 Å². The lowest BCUT2D eigenvalue weighted by molar-refractivity contribution is -0.133. The Morgan fingerprint density at radius 2 is 2.08 bits per heavy atom. The molecule has 4 atom stereocenters. The van der Waals surface area contributed by atoms with Gasteiger partial charge in [0.15, 0.2) is 0 Å². The van der Waals surface area contributed by atoms with Crippen molar-refractivity contribution in [1.29, 1.82) is 0 Å². The molecule has 5 N–H and O–H groups in total. The van der Waals surface area contributed by atoms with Crippen LogP contribution in [0, 0.1) is 11.8 Å². The van der Waals surface area contributed by atoms with Gasteiger partial charge in [-0.2, -0.15) is 0 Å². The molecule has 1 fully saturated rings. The minimum absolute atomic E-state index is 0.0564. The highest BCUT2D eigenvalue weighted by Gasteiger charge is 2.35. The first-order valence-electron chi connectivity index (χ1n) is 8.36. The van der Waals surface area contributed by atoms with Gasteiger partial charge in [0.25, 0.3) is 0 Å². The molecule has 8 heteroatoms. The second-order valence-corrected chi connectivity index (χ2v) is 7.09. The highest BCUT2D eigenvalue weighted by Crippen LogP contribution is 2.20. The van der Waals surface area contributed by atoms with Crippen LogP contribution < -0.4 is 16.4 Å². The number of carbonyl (C=O) groups excluding carboxylic acids is 3. The van der Waals surface area contributed by atoms with Crippen molar-refractivity contribution in [1.82, 2.24) is 15.5 Å². The number of amides is 3. The molecule has 3 amide bonds. The van der Waals surface area contributed by atoms with Gasteiger partial charge < -0.3 is 21.5 Å². The summed E-state index contributed by atoms with van der Waals surface area (Å²) in [6, 6.07) is -1.41. The number of hydrogen-bond donors (Lipinski definition) is 4. The Labute approximate surface area is 143 Å². The summed E-state index contributed by atoms with van der Waals surface area (Å²) in [5.74, 6) is -1.24. The van der Waals surface area contributed by atoms with Gasteiger partial charge in [-0.1, -0.05) is 13.8 Å². The fraction of sp³-hybridized carbons (Fsp3) is 0.812. The van der Waals surface area contributed by atoms with Crippen LogP contribution in [0.4, 0.5) is 0 Å². The van der Waals surface area contributed by atoms with Crippen LogP contribution in [-0.2, 0) is 14.4 Å². The number of likely N-dealkylation sites (N-methyl/N-ethyl adjacent to an activating group) is 1. The smallest absolute Gasteiger partial charge is 0.240 e. The molecule has 0 radical (unpaired) electrons. The van der Waals surface area contributed by atoms with E-state index in [4.69, 9.17) is 5.73 Å². The van der Waals surface area contributed by atoms with Crippen molar-refractivity contribution in [2.24, 2.45) is 17.6 Å². The summed E-state index contributed by atoms with van der Waals surface area (Å²) in [4.78, 5) is 37.6. The zero-order valence-electron chi connectivity index (χ0n) is 14.9. The number of aliphatic hydroxyl groups excluding tert-OH is 1. The first-order chi connectivity index (χ1) is 11.1. The van der Waals surface area contributed by atoms with Crippen LogP contribution in [0.2, 0.25) is 0 Å². The van der Waals surface area contributed by atoms with E-state index in [-0.39, 0.29) is 42.8 Å². The van der Waals surface area contributed by atoms with Gasteiger partial charge in [-0.15, -0.1) is 0 Å². The molecular weight excluding hydrogens is 312 g/mol. The van der Waals surface area contributed by atoms with E-state index in [9.17, 15) is 19.5 Å². The van der Waals surface area contributed by atoms with E-state index in [1.165, 1.54) is 4.90 Å². The van der Waals surface area contributed by atoms with Gasteiger partial charge in [-0.05, 0) is 39.2 Å². The van der Waals surface area contributed by atoms with Crippen LogP contribution in [0.5, 0.6) is 0 Å². The van der Waals surface area contributed by atoms with Gasteiger partial charge in [-0.25, -0.2) is 0 Å². The Morgan fingerprint density at radius 1 is 1.46 bits per heavy atom. The number of hydrogen-bond acceptors (Lipinski definition) is 5. The molecule has 1 aliphatic rings. The average Bonchev–Trinajstić information content (AvgIpc) is 2.80. The van der Waals surface area contributed by atoms with E-state index >= 15 is 0 Å². The number of rotatable bonds is 9. The lowest BCUT2D eigenvalue weighted by Crippen LogP contribution is -2.53. The van der Waals surface area contributed by atoms with Gasteiger partial charge in [0.2, 0.25) is 17.7 Å². The maximum Gasteiger partial charge on any atom is 0.240 e. The molecule has 0 aliphatic carbocycles. The van der Waals surface area contributed by atoms with Crippen molar-refractivity contribution in [3.8, 4) is 0 Å². The van der Waals surface area contributed by atoms with Crippen LogP contribution in [0.25, 0.3) is 0 Å². The fourth-order valence-electron chi connectivity index (χ4n) is 2.99. The average molecular weight is 342 g/mol. The van der Waals surface area contributed by atoms with Crippen molar-refractivity contribution in [2.45, 2.75) is 58.2 Å². The maximum absolute atomic E-state index is 12.5.